The number of hydrogen-bond donors (Lipinski definition) is 0. The summed E-state index contributed by atoms with van der Waals surface area (Å²) in [6.45, 7) is 1.13. The van der Waals surface area contributed by atoms with Crippen LogP contribution in [-0.4, -0.2) is 44.1 Å². The number of rotatable bonds is 5. The number of halogens is 1. The van der Waals surface area contributed by atoms with Gasteiger partial charge in [-0.1, -0.05) is 6.07 Å². The average Bonchev–Trinajstić information content (AvgIpc) is 2.59. The molecule has 6 heteroatoms. The number of aryl methyl sites for hydroxylation is 1. The summed E-state index contributed by atoms with van der Waals surface area (Å²) < 4.78 is 23.2. The van der Waals surface area contributed by atoms with Gasteiger partial charge in [0.15, 0.2) is 11.6 Å². The fourth-order valence-corrected chi connectivity index (χ4v) is 2.81. The smallest absolute Gasteiger partial charge is 0.308 e. The molecular formula is C17H22FNO4. The van der Waals surface area contributed by atoms with Crippen molar-refractivity contribution in [3.05, 3.63) is 29.6 Å². The number of nitrogens with zero attached hydrogens (tertiary/aromatic N) is 1. The van der Waals surface area contributed by atoms with Crippen LogP contribution in [0.3, 0.4) is 0 Å². The van der Waals surface area contributed by atoms with Crippen molar-refractivity contribution in [2.24, 2.45) is 5.92 Å². The van der Waals surface area contributed by atoms with Gasteiger partial charge in [-0.2, -0.15) is 0 Å². The molecule has 0 N–H and O–H groups in total. The highest BCUT2D eigenvalue weighted by Gasteiger charge is 2.27. The van der Waals surface area contributed by atoms with Gasteiger partial charge in [-0.25, -0.2) is 4.39 Å². The monoisotopic (exact) mass is 323 g/mol. The summed E-state index contributed by atoms with van der Waals surface area (Å²) in [5, 5.41) is 0. The Labute approximate surface area is 135 Å². The number of carbonyl (C=O) groups is 2. The molecule has 0 unspecified atom stereocenters. The quantitative estimate of drug-likeness (QED) is 0.780. The maximum Gasteiger partial charge on any atom is 0.308 e. The molecule has 0 aromatic heterocycles. The van der Waals surface area contributed by atoms with Gasteiger partial charge in [-0.15, -0.1) is 0 Å². The third kappa shape index (κ3) is 4.43. The van der Waals surface area contributed by atoms with Gasteiger partial charge in [0, 0.05) is 19.5 Å². The second-order valence-electron chi connectivity index (χ2n) is 5.65. The SMILES string of the molecule is COC(=O)C1CCN(C(=O)CCc2ccc(OC)c(F)c2)CC1. The summed E-state index contributed by atoms with van der Waals surface area (Å²) in [4.78, 5) is 25.4. The molecule has 1 amide bonds. The lowest BCUT2D eigenvalue weighted by molar-refractivity contribution is -0.148. The van der Waals surface area contributed by atoms with Crippen LogP contribution in [0.5, 0.6) is 5.75 Å². The predicted molar refractivity (Wildman–Crippen MR) is 82.6 cm³/mol. The molecule has 1 aliphatic rings. The van der Waals surface area contributed by atoms with Gasteiger partial charge in [0.05, 0.1) is 20.1 Å². The Morgan fingerprint density at radius 1 is 1.26 bits per heavy atom. The number of esters is 1. The molecule has 5 nitrogen and oxygen atoms in total. The molecule has 0 atom stereocenters. The van der Waals surface area contributed by atoms with E-state index >= 15 is 0 Å². The molecule has 1 aromatic rings. The van der Waals surface area contributed by atoms with Crippen LogP contribution in [0.1, 0.15) is 24.8 Å². The van der Waals surface area contributed by atoms with Gasteiger partial charge in [-0.3, -0.25) is 9.59 Å². The van der Waals surface area contributed by atoms with E-state index in [1.165, 1.54) is 20.3 Å². The molecular weight excluding hydrogens is 301 g/mol. The zero-order valence-electron chi connectivity index (χ0n) is 13.5. The second-order valence-corrected chi connectivity index (χ2v) is 5.65. The maximum absolute atomic E-state index is 13.6. The van der Waals surface area contributed by atoms with E-state index in [9.17, 15) is 14.0 Å². The Hall–Kier alpha value is -2.11. The molecule has 0 aliphatic carbocycles. The standard InChI is InChI=1S/C17H22FNO4/c1-22-15-5-3-12(11-14(15)18)4-6-16(20)19-9-7-13(8-10-19)17(21)23-2/h3,5,11,13H,4,6-10H2,1-2H3. The maximum atomic E-state index is 13.6. The fraction of sp³-hybridized carbons (Fsp3) is 0.529. The minimum atomic E-state index is -0.420. The van der Waals surface area contributed by atoms with Crippen LogP contribution in [0.2, 0.25) is 0 Å². The van der Waals surface area contributed by atoms with E-state index in [1.54, 1.807) is 17.0 Å². The molecule has 1 aromatic carbocycles. The van der Waals surface area contributed by atoms with Crippen LogP contribution < -0.4 is 4.74 Å². The lowest BCUT2D eigenvalue weighted by Gasteiger charge is -2.30. The summed E-state index contributed by atoms with van der Waals surface area (Å²) in [6.07, 6.45) is 2.08. The molecule has 0 spiro atoms. The van der Waals surface area contributed by atoms with E-state index in [1.807, 2.05) is 0 Å². The number of ether oxygens (including phenoxy) is 2. The molecule has 2 rings (SSSR count). The Kier molecular flexibility index (Phi) is 5.96. The van der Waals surface area contributed by atoms with Crippen molar-refractivity contribution in [1.29, 1.82) is 0 Å². The van der Waals surface area contributed by atoms with Crippen LogP contribution in [-0.2, 0) is 20.7 Å². The van der Waals surface area contributed by atoms with Crippen LogP contribution in [0.4, 0.5) is 4.39 Å². The largest absolute Gasteiger partial charge is 0.494 e. The number of benzene rings is 1. The number of amides is 1. The van der Waals surface area contributed by atoms with E-state index in [4.69, 9.17) is 9.47 Å². The molecule has 0 radical (unpaired) electrons. The van der Waals surface area contributed by atoms with E-state index in [0.29, 0.717) is 38.8 Å². The van der Waals surface area contributed by atoms with Gasteiger partial charge in [0.1, 0.15) is 0 Å². The van der Waals surface area contributed by atoms with E-state index in [-0.39, 0.29) is 23.5 Å². The molecule has 1 fully saturated rings. The molecule has 1 saturated heterocycles. The van der Waals surface area contributed by atoms with Crippen molar-refractivity contribution >= 4 is 11.9 Å². The summed E-state index contributed by atoms with van der Waals surface area (Å²) in [7, 11) is 2.80. The molecule has 1 aliphatic heterocycles. The van der Waals surface area contributed by atoms with Crippen molar-refractivity contribution in [2.45, 2.75) is 25.7 Å². The van der Waals surface area contributed by atoms with Crippen LogP contribution in [0.25, 0.3) is 0 Å². The van der Waals surface area contributed by atoms with Gasteiger partial charge in [0.2, 0.25) is 5.91 Å². The second kappa shape index (κ2) is 7.94. The first kappa shape index (κ1) is 17.2. The van der Waals surface area contributed by atoms with Crippen LogP contribution >= 0.6 is 0 Å². The predicted octanol–water partition coefficient (Wildman–Crippen LogP) is 2.18. The lowest BCUT2D eigenvalue weighted by Crippen LogP contribution is -2.40. The zero-order chi connectivity index (χ0) is 16.8. The van der Waals surface area contributed by atoms with Gasteiger partial charge in [0.25, 0.3) is 0 Å². The normalized spacial score (nSPS) is 15.3. The zero-order valence-corrected chi connectivity index (χ0v) is 13.5. The summed E-state index contributed by atoms with van der Waals surface area (Å²) in [5.41, 5.74) is 0.765. The van der Waals surface area contributed by atoms with E-state index in [2.05, 4.69) is 0 Å². The number of methoxy groups -OCH3 is 2. The van der Waals surface area contributed by atoms with Crippen molar-refractivity contribution in [3.8, 4) is 5.75 Å². The number of likely N-dealkylation sites (tertiary alicyclic amines) is 1. The Bertz CT molecular complexity index is 568. The van der Waals surface area contributed by atoms with Crippen molar-refractivity contribution in [3.63, 3.8) is 0 Å². The molecule has 23 heavy (non-hydrogen) atoms. The van der Waals surface area contributed by atoms with Crippen molar-refractivity contribution < 1.29 is 23.5 Å². The highest BCUT2D eigenvalue weighted by molar-refractivity contribution is 5.77. The highest BCUT2D eigenvalue weighted by atomic mass is 19.1. The van der Waals surface area contributed by atoms with Crippen LogP contribution in [0, 0.1) is 11.7 Å². The number of carbonyl (C=O) groups excluding carboxylic acids is 2. The van der Waals surface area contributed by atoms with E-state index < -0.39 is 5.82 Å². The third-order valence-corrected chi connectivity index (χ3v) is 4.23. The first-order valence-electron chi connectivity index (χ1n) is 7.73. The number of hydrogen-bond acceptors (Lipinski definition) is 4. The summed E-state index contributed by atoms with van der Waals surface area (Å²) in [5.74, 6) is -0.503. The highest BCUT2D eigenvalue weighted by Crippen LogP contribution is 2.21. The molecule has 0 saturated carbocycles. The Balaban J connectivity index is 1.82. The topological polar surface area (TPSA) is 55.8 Å². The van der Waals surface area contributed by atoms with Gasteiger partial charge in [-0.05, 0) is 37.0 Å². The lowest BCUT2D eigenvalue weighted by atomic mass is 9.96. The summed E-state index contributed by atoms with van der Waals surface area (Å²) in [6, 6.07) is 4.73. The Morgan fingerprint density at radius 3 is 2.52 bits per heavy atom. The van der Waals surface area contributed by atoms with Crippen molar-refractivity contribution in [1.82, 2.24) is 4.90 Å². The van der Waals surface area contributed by atoms with Gasteiger partial charge < -0.3 is 14.4 Å². The minimum absolute atomic E-state index is 0.0320. The summed E-state index contributed by atoms with van der Waals surface area (Å²) >= 11 is 0. The van der Waals surface area contributed by atoms with E-state index in [0.717, 1.165) is 5.56 Å². The fourth-order valence-electron chi connectivity index (χ4n) is 2.81. The first-order valence-corrected chi connectivity index (χ1v) is 7.73. The molecule has 1 heterocycles. The minimum Gasteiger partial charge on any atom is -0.494 e. The average molecular weight is 323 g/mol. The first-order chi connectivity index (χ1) is 11.0. The van der Waals surface area contributed by atoms with Gasteiger partial charge >= 0.3 is 5.97 Å². The van der Waals surface area contributed by atoms with Crippen LogP contribution in [0.15, 0.2) is 18.2 Å². The van der Waals surface area contributed by atoms with Crippen molar-refractivity contribution in [2.75, 3.05) is 27.3 Å². The Morgan fingerprint density at radius 2 is 1.96 bits per heavy atom. The third-order valence-electron chi connectivity index (χ3n) is 4.23. The molecule has 0 bridgehead atoms. The number of piperidine rings is 1. The molecule has 126 valence electrons.